The highest BCUT2D eigenvalue weighted by molar-refractivity contribution is 5.86. The van der Waals surface area contributed by atoms with Crippen LogP contribution in [0, 0.1) is 0 Å². The SMILES string of the molecule is C=C1c2ccccc2C[C@@]12c1ccccc1N[C@H]2CCCCN. The molecule has 0 saturated heterocycles. The van der Waals surface area contributed by atoms with E-state index in [0.717, 1.165) is 32.2 Å². The minimum absolute atomic E-state index is 0.00881. The van der Waals surface area contributed by atoms with Crippen molar-refractivity contribution in [3.05, 3.63) is 71.8 Å². The van der Waals surface area contributed by atoms with E-state index in [-0.39, 0.29) is 5.41 Å². The average molecular weight is 304 g/mol. The number of fused-ring (bicyclic) bond motifs is 3. The lowest BCUT2D eigenvalue weighted by Crippen LogP contribution is -2.39. The second-order valence-electron chi connectivity index (χ2n) is 6.81. The molecule has 0 aromatic heterocycles. The summed E-state index contributed by atoms with van der Waals surface area (Å²) in [5.74, 6) is 0. The third kappa shape index (κ3) is 2.05. The molecule has 2 aromatic rings. The first-order valence-corrected chi connectivity index (χ1v) is 8.61. The predicted octanol–water partition coefficient (Wildman–Crippen LogP) is 4.12. The summed E-state index contributed by atoms with van der Waals surface area (Å²) in [6, 6.07) is 17.9. The van der Waals surface area contributed by atoms with Gasteiger partial charge in [-0.25, -0.2) is 0 Å². The normalized spacial score (nSPS) is 24.6. The molecular weight excluding hydrogens is 280 g/mol. The summed E-state index contributed by atoms with van der Waals surface area (Å²) in [5, 5.41) is 3.79. The van der Waals surface area contributed by atoms with Gasteiger partial charge in [0.05, 0.1) is 0 Å². The Morgan fingerprint density at radius 1 is 1.09 bits per heavy atom. The molecule has 1 aliphatic carbocycles. The average Bonchev–Trinajstić information content (AvgIpc) is 3.06. The summed E-state index contributed by atoms with van der Waals surface area (Å²) in [6.07, 6.45) is 4.44. The molecule has 0 fully saturated rings. The first kappa shape index (κ1) is 14.5. The third-order valence-corrected chi connectivity index (χ3v) is 5.63. The molecule has 4 rings (SSSR count). The topological polar surface area (TPSA) is 38.0 Å². The fraction of sp³-hybridized carbons (Fsp3) is 0.333. The van der Waals surface area contributed by atoms with E-state index >= 15 is 0 Å². The van der Waals surface area contributed by atoms with Gasteiger partial charge in [-0.15, -0.1) is 0 Å². The van der Waals surface area contributed by atoms with Crippen LogP contribution in [0.25, 0.3) is 5.57 Å². The number of hydrogen-bond donors (Lipinski definition) is 2. The molecule has 1 aliphatic heterocycles. The molecule has 0 unspecified atom stereocenters. The first-order valence-electron chi connectivity index (χ1n) is 8.61. The Balaban J connectivity index is 1.78. The second kappa shape index (κ2) is 5.54. The lowest BCUT2D eigenvalue weighted by molar-refractivity contribution is 0.457. The number of nitrogens with two attached hydrogens (primary N) is 1. The van der Waals surface area contributed by atoms with Gasteiger partial charge in [0.2, 0.25) is 0 Å². The predicted molar refractivity (Wildman–Crippen MR) is 97.6 cm³/mol. The Morgan fingerprint density at radius 3 is 2.70 bits per heavy atom. The van der Waals surface area contributed by atoms with Gasteiger partial charge in [-0.1, -0.05) is 55.5 Å². The van der Waals surface area contributed by atoms with Gasteiger partial charge in [-0.05, 0) is 54.1 Å². The van der Waals surface area contributed by atoms with Gasteiger partial charge in [0.25, 0.3) is 0 Å². The van der Waals surface area contributed by atoms with Crippen LogP contribution in [0.1, 0.15) is 36.0 Å². The van der Waals surface area contributed by atoms with Crippen molar-refractivity contribution in [3.8, 4) is 0 Å². The number of anilines is 1. The Bertz CT molecular complexity index is 749. The largest absolute Gasteiger partial charge is 0.381 e. The molecule has 2 atom stereocenters. The van der Waals surface area contributed by atoms with Crippen LogP contribution in [-0.4, -0.2) is 12.6 Å². The van der Waals surface area contributed by atoms with E-state index in [0.29, 0.717) is 6.04 Å². The highest BCUT2D eigenvalue weighted by Crippen LogP contribution is 2.56. The van der Waals surface area contributed by atoms with Crippen LogP contribution >= 0.6 is 0 Å². The summed E-state index contributed by atoms with van der Waals surface area (Å²) in [5.41, 5.74) is 12.5. The van der Waals surface area contributed by atoms with Crippen LogP contribution in [0.15, 0.2) is 55.1 Å². The Morgan fingerprint density at radius 2 is 1.87 bits per heavy atom. The molecule has 0 amide bonds. The summed E-state index contributed by atoms with van der Waals surface area (Å²) in [7, 11) is 0. The van der Waals surface area contributed by atoms with E-state index < -0.39 is 0 Å². The Hall–Kier alpha value is -2.06. The second-order valence-corrected chi connectivity index (χ2v) is 6.81. The molecule has 118 valence electrons. The quantitative estimate of drug-likeness (QED) is 0.834. The van der Waals surface area contributed by atoms with Gasteiger partial charge in [0.1, 0.15) is 0 Å². The van der Waals surface area contributed by atoms with Gasteiger partial charge < -0.3 is 11.1 Å². The monoisotopic (exact) mass is 304 g/mol. The van der Waals surface area contributed by atoms with Crippen LogP contribution in [0.3, 0.4) is 0 Å². The van der Waals surface area contributed by atoms with Crippen LogP contribution < -0.4 is 11.1 Å². The number of para-hydroxylation sites is 1. The molecule has 23 heavy (non-hydrogen) atoms. The molecule has 0 radical (unpaired) electrons. The van der Waals surface area contributed by atoms with Crippen LogP contribution in [0.5, 0.6) is 0 Å². The maximum Gasteiger partial charge on any atom is 0.0464 e. The summed E-state index contributed by atoms with van der Waals surface area (Å²) >= 11 is 0. The van der Waals surface area contributed by atoms with Gasteiger partial charge in [-0.2, -0.15) is 0 Å². The maximum absolute atomic E-state index is 5.70. The fourth-order valence-electron chi connectivity index (χ4n) is 4.52. The first-order chi connectivity index (χ1) is 11.3. The molecule has 0 saturated carbocycles. The number of benzene rings is 2. The molecule has 2 aliphatic rings. The maximum atomic E-state index is 5.70. The summed E-state index contributed by atoms with van der Waals surface area (Å²) in [4.78, 5) is 0. The van der Waals surface area contributed by atoms with Crippen molar-refractivity contribution in [2.45, 2.75) is 37.1 Å². The van der Waals surface area contributed by atoms with E-state index in [1.807, 2.05) is 0 Å². The molecule has 2 nitrogen and oxygen atoms in total. The van der Waals surface area contributed by atoms with Gasteiger partial charge in [0.15, 0.2) is 0 Å². The molecular formula is C21H24N2. The van der Waals surface area contributed by atoms with Crippen molar-refractivity contribution in [3.63, 3.8) is 0 Å². The Labute approximate surface area is 138 Å². The van der Waals surface area contributed by atoms with Crippen LogP contribution in [0.4, 0.5) is 5.69 Å². The van der Waals surface area contributed by atoms with Crippen molar-refractivity contribution < 1.29 is 0 Å². The van der Waals surface area contributed by atoms with E-state index in [9.17, 15) is 0 Å². The Kier molecular flexibility index (Phi) is 3.50. The zero-order valence-corrected chi connectivity index (χ0v) is 13.5. The van der Waals surface area contributed by atoms with E-state index in [4.69, 9.17) is 5.73 Å². The van der Waals surface area contributed by atoms with Crippen molar-refractivity contribution >= 4 is 11.3 Å². The number of nitrogens with one attached hydrogen (secondary N) is 1. The summed E-state index contributed by atoms with van der Waals surface area (Å²) in [6.45, 7) is 5.32. The minimum Gasteiger partial charge on any atom is -0.381 e. The molecule has 3 N–H and O–H groups in total. The zero-order valence-electron chi connectivity index (χ0n) is 13.5. The highest BCUT2D eigenvalue weighted by Gasteiger charge is 2.52. The fourth-order valence-corrected chi connectivity index (χ4v) is 4.52. The molecule has 2 aromatic carbocycles. The lowest BCUT2D eigenvalue weighted by atomic mass is 9.70. The standard InChI is InChI=1S/C21H24N2/c1-15-17-9-3-2-8-16(17)14-21(15)18-10-4-5-11-19(18)23-20(21)12-6-7-13-22/h2-5,8-11,20,23H,1,6-7,12-14,22H2/t20-,21-/m0/s1. The molecule has 1 heterocycles. The number of hydrogen-bond acceptors (Lipinski definition) is 2. The molecule has 2 heteroatoms. The van der Waals surface area contributed by atoms with E-state index in [1.165, 1.54) is 28.0 Å². The van der Waals surface area contributed by atoms with Crippen molar-refractivity contribution in [1.82, 2.24) is 0 Å². The smallest absolute Gasteiger partial charge is 0.0464 e. The summed E-state index contributed by atoms with van der Waals surface area (Å²) < 4.78 is 0. The third-order valence-electron chi connectivity index (χ3n) is 5.63. The van der Waals surface area contributed by atoms with Gasteiger partial charge in [-0.3, -0.25) is 0 Å². The lowest BCUT2D eigenvalue weighted by Gasteiger charge is -2.33. The van der Waals surface area contributed by atoms with Crippen molar-refractivity contribution in [1.29, 1.82) is 0 Å². The van der Waals surface area contributed by atoms with E-state index in [2.05, 4.69) is 60.4 Å². The number of unbranched alkanes of at least 4 members (excludes halogenated alkanes) is 1. The minimum atomic E-state index is 0.00881. The van der Waals surface area contributed by atoms with Gasteiger partial charge >= 0.3 is 0 Å². The van der Waals surface area contributed by atoms with Crippen LogP contribution in [-0.2, 0) is 11.8 Å². The molecule has 1 spiro atoms. The number of rotatable bonds is 4. The zero-order chi connectivity index (χ0) is 15.9. The molecule has 0 bridgehead atoms. The van der Waals surface area contributed by atoms with E-state index in [1.54, 1.807) is 0 Å². The highest BCUT2D eigenvalue weighted by atomic mass is 15.0. The van der Waals surface area contributed by atoms with Crippen LogP contribution in [0.2, 0.25) is 0 Å². The van der Waals surface area contributed by atoms with Crippen molar-refractivity contribution in [2.24, 2.45) is 5.73 Å². The van der Waals surface area contributed by atoms with Gasteiger partial charge in [0, 0.05) is 17.1 Å². The van der Waals surface area contributed by atoms with Crippen molar-refractivity contribution in [2.75, 3.05) is 11.9 Å².